The third-order valence-electron chi connectivity index (χ3n) is 3.30. The summed E-state index contributed by atoms with van der Waals surface area (Å²) >= 11 is 7.27. The van der Waals surface area contributed by atoms with Gasteiger partial charge >= 0.3 is 0 Å². The third kappa shape index (κ3) is 3.51. The number of nitrogens with zero attached hydrogens (tertiary/aromatic N) is 1. The summed E-state index contributed by atoms with van der Waals surface area (Å²) < 4.78 is 27.1. The molecule has 3 nitrogen and oxygen atoms in total. The Morgan fingerprint density at radius 1 is 1.47 bits per heavy atom. The molecule has 1 heterocycles. The molecule has 6 heteroatoms. The van der Waals surface area contributed by atoms with Gasteiger partial charge in [0.05, 0.1) is 10.8 Å². The summed E-state index contributed by atoms with van der Waals surface area (Å²) in [6.07, 6.45) is 3.16. The van der Waals surface area contributed by atoms with Crippen molar-refractivity contribution in [2.75, 3.05) is 13.1 Å². The smallest absolute Gasteiger partial charge is 0.207 e. The molecule has 19 heavy (non-hydrogen) atoms. The highest BCUT2D eigenvalue weighted by Gasteiger charge is 2.32. The van der Waals surface area contributed by atoms with Gasteiger partial charge in [0.1, 0.15) is 0 Å². The highest BCUT2D eigenvalue weighted by molar-refractivity contribution is 7.89. The molecule has 0 atom stereocenters. The minimum absolute atomic E-state index is 0.372. The Kier molecular flexibility index (Phi) is 4.93. The molecule has 0 aromatic carbocycles. The van der Waals surface area contributed by atoms with E-state index in [0.29, 0.717) is 29.8 Å². The van der Waals surface area contributed by atoms with Gasteiger partial charge in [0.15, 0.2) is 0 Å². The summed E-state index contributed by atoms with van der Waals surface area (Å²) in [6, 6.07) is 1.73. The highest BCUT2D eigenvalue weighted by Crippen LogP contribution is 2.34. The van der Waals surface area contributed by atoms with Crippen molar-refractivity contribution < 1.29 is 8.42 Å². The Morgan fingerprint density at radius 2 is 2.16 bits per heavy atom. The first kappa shape index (κ1) is 15.3. The monoisotopic (exact) mass is 321 g/mol. The number of hydrogen-bond acceptors (Lipinski definition) is 3. The maximum absolute atomic E-state index is 12.7. The quantitative estimate of drug-likeness (QED) is 0.719. The zero-order chi connectivity index (χ0) is 14.0. The average Bonchev–Trinajstić information content (AvgIpc) is 3.09. The lowest BCUT2D eigenvalue weighted by molar-refractivity contribution is 0.395. The van der Waals surface area contributed by atoms with E-state index in [1.807, 2.05) is 13.8 Å². The predicted molar refractivity (Wildman–Crippen MR) is 80.4 cm³/mol. The molecule has 0 aliphatic heterocycles. The van der Waals surface area contributed by atoms with Gasteiger partial charge in [-0.05, 0) is 38.2 Å². The molecule has 0 N–H and O–H groups in total. The van der Waals surface area contributed by atoms with Crippen LogP contribution in [0.5, 0.6) is 0 Å². The molecule has 0 unspecified atom stereocenters. The van der Waals surface area contributed by atoms with Crippen LogP contribution >= 0.6 is 22.9 Å². The van der Waals surface area contributed by atoms with Crippen molar-refractivity contribution in [3.05, 3.63) is 15.8 Å². The first-order valence-corrected chi connectivity index (χ1v) is 9.43. The molecular weight excluding hydrogens is 302 g/mol. The van der Waals surface area contributed by atoms with Crippen LogP contribution in [0.25, 0.3) is 0 Å². The number of thiophene rings is 1. The first-order chi connectivity index (χ1) is 8.98. The van der Waals surface area contributed by atoms with Gasteiger partial charge in [-0.3, -0.25) is 0 Å². The Morgan fingerprint density at radius 3 is 2.63 bits per heavy atom. The van der Waals surface area contributed by atoms with Gasteiger partial charge < -0.3 is 0 Å². The van der Waals surface area contributed by atoms with Crippen molar-refractivity contribution in [3.8, 4) is 0 Å². The van der Waals surface area contributed by atoms with Crippen molar-refractivity contribution in [3.63, 3.8) is 0 Å². The van der Waals surface area contributed by atoms with Gasteiger partial charge in [-0.1, -0.05) is 6.92 Å². The summed E-state index contributed by atoms with van der Waals surface area (Å²) in [5.74, 6) is 0.935. The van der Waals surface area contributed by atoms with Crippen LogP contribution in [-0.4, -0.2) is 25.8 Å². The largest absolute Gasteiger partial charge is 0.244 e. The number of rotatable bonds is 7. The van der Waals surface area contributed by atoms with Gasteiger partial charge in [0, 0.05) is 22.8 Å². The van der Waals surface area contributed by atoms with Crippen LogP contribution in [0.2, 0.25) is 0 Å². The SMILES string of the molecule is CCCN(CC1CC1)S(=O)(=O)c1cc(CCl)sc1C. The van der Waals surface area contributed by atoms with Crippen LogP contribution in [0, 0.1) is 12.8 Å². The van der Waals surface area contributed by atoms with E-state index in [1.54, 1.807) is 10.4 Å². The fourth-order valence-corrected chi connectivity index (χ4v) is 5.44. The summed E-state index contributed by atoms with van der Waals surface area (Å²) in [6.45, 7) is 5.14. The van der Waals surface area contributed by atoms with E-state index in [0.717, 1.165) is 29.0 Å². The minimum Gasteiger partial charge on any atom is -0.207 e. The van der Waals surface area contributed by atoms with E-state index < -0.39 is 10.0 Å². The Labute approximate surface area is 124 Å². The van der Waals surface area contributed by atoms with E-state index in [1.165, 1.54) is 11.3 Å². The Hall–Kier alpha value is -0.100. The van der Waals surface area contributed by atoms with Crippen LogP contribution in [0.1, 0.15) is 35.9 Å². The number of alkyl halides is 1. The average molecular weight is 322 g/mol. The second-order valence-electron chi connectivity index (χ2n) is 5.07. The molecule has 1 aliphatic rings. The molecule has 0 bridgehead atoms. The van der Waals surface area contributed by atoms with E-state index in [4.69, 9.17) is 11.6 Å². The van der Waals surface area contributed by atoms with E-state index in [-0.39, 0.29) is 0 Å². The van der Waals surface area contributed by atoms with Crippen molar-refractivity contribution in [1.29, 1.82) is 0 Å². The maximum atomic E-state index is 12.7. The lowest BCUT2D eigenvalue weighted by Gasteiger charge is -2.21. The van der Waals surface area contributed by atoms with Crippen LogP contribution in [0.3, 0.4) is 0 Å². The summed E-state index contributed by atoms with van der Waals surface area (Å²) in [5, 5.41) is 0. The molecule has 1 aliphatic carbocycles. The molecule has 2 rings (SSSR count). The fourth-order valence-electron chi connectivity index (χ4n) is 2.13. The van der Waals surface area contributed by atoms with E-state index >= 15 is 0 Å². The van der Waals surface area contributed by atoms with Crippen LogP contribution in [-0.2, 0) is 15.9 Å². The summed E-state index contributed by atoms with van der Waals surface area (Å²) in [4.78, 5) is 2.20. The maximum Gasteiger partial charge on any atom is 0.244 e. The lowest BCUT2D eigenvalue weighted by Crippen LogP contribution is -2.33. The van der Waals surface area contributed by atoms with Gasteiger partial charge in [0.2, 0.25) is 10.0 Å². The lowest BCUT2D eigenvalue weighted by atomic mass is 10.4. The zero-order valence-electron chi connectivity index (χ0n) is 11.4. The second kappa shape index (κ2) is 6.12. The van der Waals surface area contributed by atoms with Gasteiger partial charge in [-0.2, -0.15) is 4.31 Å². The van der Waals surface area contributed by atoms with Gasteiger partial charge in [-0.15, -0.1) is 22.9 Å². The predicted octanol–water partition coefficient (Wildman–Crippen LogP) is 3.61. The number of sulfonamides is 1. The van der Waals surface area contributed by atoms with Crippen LogP contribution < -0.4 is 0 Å². The number of halogens is 1. The third-order valence-corrected chi connectivity index (χ3v) is 6.92. The van der Waals surface area contributed by atoms with Crippen LogP contribution in [0.4, 0.5) is 0 Å². The second-order valence-corrected chi connectivity index (χ2v) is 8.59. The molecule has 0 saturated heterocycles. The highest BCUT2D eigenvalue weighted by atomic mass is 35.5. The van der Waals surface area contributed by atoms with Crippen molar-refractivity contribution in [2.45, 2.75) is 43.9 Å². The van der Waals surface area contributed by atoms with Crippen molar-refractivity contribution >= 4 is 33.0 Å². The standard InChI is InChI=1S/C13H20ClNO2S2/c1-3-6-15(9-11-4-5-11)19(16,17)13-7-12(8-14)18-10(13)2/h7,11H,3-6,8-9H2,1-2H3. The summed E-state index contributed by atoms with van der Waals surface area (Å²) in [7, 11) is -3.35. The molecule has 0 radical (unpaired) electrons. The number of aryl methyl sites for hydroxylation is 1. The molecule has 1 fully saturated rings. The molecule has 108 valence electrons. The molecule has 1 aromatic heterocycles. The molecular formula is C13H20ClNO2S2. The van der Waals surface area contributed by atoms with Crippen molar-refractivity contribution in [1.82, 2.24) is 4.31 Å². The molecule has 1 aromatic rings. The van der Waals surface area contributed by atoms with Crippen molar-refractivity contribution in [2.24, 2.45) is 5.92 Å². The summed E-state index contributed by atoms with van der Waals surface area (Å²) in [5.41, 5.74) is 0. The fraction of sp³-hybridized carbons (Fsp3) is 0.692. The molecule has 1 saturated carbocycles. The molecule has 0 spiro atoms. The van der Waals surface area contributed by atoms with Crippen LogP contribution in [0.15, 0.2) is 11.0 Å². The van der Waals surface area contributed by atoms with E-state index in [9.17, 15) is 8.42 Å². The first-order valence-electron chi connectivity index (χ1n) is 6.64. The topological polar surface area (TPSA) is 37.4 Å². The Balaban J connectivity index is 2.28. The molecule has 0 amide bonds. The zero-order valence-corrected chi connectivity index (χ0v) is 13.7. The van der Waals surface area contributed by atoms with E-state index in [2.05, 4.69) is 0 Å². The van der Waals surface area contributed by atoms with Gasteiger partial charge in [-0.25, -0.2) is 8.42 Å². The number of hydrogen-bond donors (Lipinski definition) is 0. The Bertz CT molecular complexity index is 535. The normalized spacial score (nSPS) is 16.2. The van der Waals surface area contributed by atoms with Gasteiger partial charge in [0.25, 0.3) is 0 Å². The minimum atomic E-state index is -3.35.